The summed E-state index contributed by atoms with van der Waals surface area (Å²) in [6.07, 6.45) is 0.456. The van der Waals surface area contributed by atoms with E-state index in [0.29, 0.717) is 17.9 Å². The number of aryl methyl sites for hydroxylation is 1. The van der Waals surface area contributed by atoms with E-state index in [9.17, 15) is 17.6 Å². The molecule has 2 heterocycles. The molecule has 25 heavy (non-hydrogen) atoms. The molecule has 0 aliphatic carbocycles. The van der Waals surface area contributed by atoms with E-state index in [0.717, 1.165) is 0 Å². The van der Waals surface area contributed by atoms with Gasteiger partial charge in [0.05, 0.1) is 23.2 Å². The molecule has 0 bridgehead atoms. The highest BCUT2D eigenvalue weighted by molar-refractivity contribution is 7.91. The Bertz CT molecular complexity index is 895. The van der Waals surface area contributed by atoms with Gasteiger partial charge in [-0.25, -0.2) is 17.5 Å². The SMILES string of the molecule is Cc1cc(NC(=O)COc2ccccc2F)n([C@H]2CCS(=O)(=O)C2)n1. The first kappa shape index (κ1) is 17.4. The van der Waals surface area contributed by atoms with Gasteiger partial charge in [-0.15, -0.1) is 0 Å². The predicted octanol–water partition coefficient (Wildman–Crippen LogP) is 1.71. The van der Waals surface area contributed by atoms with E-state index in [2.05, 4.69) is 10.4 Å². The van der Waals surface area contributed by atoms with Crippen LogP contribution < -0.4 is 10.1 Å². The lowest BCUT2D eigenvalue weighted by molar-refractivity contribution is -0.118. The lowest BCUT2D eigenvalue weighted by Gasteiger charge is -2.14. The summed E-state index contributed by atoms with van der Waals surface area (Å²) in [6, 6.07) is 7.16. The van der Waals surface area contributed by atoms with Crippen molar-refractivity contribution in [1.29, 1.82) is 0 Å². The molecule has 1 atom stereocenters. The first-order valence-electron chi connectivity index (χ1n) is 7.78. The molecule has 1 aliphatic rings. The molecule has 1 aromatic carbocycles. The molecule has 0 radical (unpaired) electrons. The second-order valence-corrected chi connectivity index (χ2v) is 8.17. The summed E-state index contributed by atoms with van der Waals surface area (Å²) in [5.41, 5.74) is 0.662. The molecule has 0 saturated carbocycles. The van der Waals surface area contributed by atoms with Crippen molar-refractivity contribution in [2.75, 3.05) is 23.4 Å². The molecular formula is C16H18FN3O4S. The lowest BCUT2D eigenvalue weighted by Crippen LogP contribution is -2.24. The van der Waals surface area contributed by atoms with Gasteiger partial charge in [0, 0.05) is 6.07 Å². The Morgan fingerprint density at radius 2 is 2.20 bits per heavy atom. The molecule has 134 valence electrons. The van der Waals surface area contributed by atoms with Crippen molar-refractivity contribution >= 4 is 21.6 Å². The second kappa shape index (κ2) is 6.83. The summed E-state index contributed by atoms with van der Waals surface area (Å²) in [4.78, 5) is 12.1. The number of benzene rings is 1. The van der Waals surface area contributed by atoms with E-state index in [1.54, 1.807) is 19.1 Å². The molecule has 0 spiro atoms. The zero-order chi connectivity index (χ0) is 18.0. The highest BCUT2D eigenvalue weighted by atomic mass is 32.2. The minimum atomic E-state index is -3.07. The number of nitrogens with zero attached hydrogens (tertiary/aromatic N) is 2. The minimum Gasteiger partial charge on any atom is -0.481 e. The van der Waals surface area contributed by atoms with E-state index in [-0.39, 0.29) is 29.9 Å². The van der Waals surface area contributed by atoms with Crippen molar-refractivity contribution in [3.63, 3.8) is 0 Å². The first-order chi connectivity index (χ1) is 11.8. The fraction of sp³-hybridized carbons (Fsp3) is 0.375. The number of hydrogen-bond acceptors (Lipinski definition) is 5. The van der Waals surface area contributed by atoms with Crippen LogP contribution in [0.15, 0.2) is 30.3 Å². The summed E-state index contributed by atoms with van der Waals surface area (Å²) in [5, 5.41) is 6.92. The van der Waals surface area contributed by atoms with Gasteiger partial charge in [0.2, 0.25) is 0 Å². The van der Waals surface area contributed by atoms with Crippen molar-refractivity contribution in [1.82, 2.24) is 9.78 Å². The van der Waals surface area contributed by atoms with E-state index in [4.69, 9.17) is 4.74 Å². The van der Waals surface area contributed by atoms with Crippen LogP contribution in [0.2, 0.25) is 0 Å². The van der Waals surface area contributed by atoms with Crippen molar-refractivity contribution in [2.24, 2.45) is 0 Å². The standard InChI is InChI=1S/C16H18FN3O4S/c1-11-8-15(20(19-11)12-6-7-25(22,23)10-12)18-16(21)9-24-14-5-3-2-4-13(14)17/h2-5,8,12H,6-7,9-10H2,1H3,(H,18,21)/t12-/m0/s1. The van der Waals surface area contributed by atoms with Gasteiger partial charge in [-0.1, -0.05) is 12.1 Å². The van der Waals surface area contributed by atoms with E-state index in [1.807, 2.05) is 0 Å². The van der Waals surface area contributed by atoms with Crippen LogP contribution in [0.4, 0.5) is 10.2 Å². The Labute approximate surface area is 144 Å². The average Bonchev–Trinajstić information content (AvgIpc) is 3.08. The highest BCUT2D eigenvalue weighted by Crippen LogP contribution is 2.27. The fourth-order valence-electron chi connectivity index (χ4n) is 2.74. The van der Waals surface area contributed by atoms with Crippen LogP contribution in [0, 0.1) is 12.7 Å². The number of nitrogens with one attached hydrogen (secondary N) is 1. The van der Waals surface area contributed by atoms with Crippen LogP contribution in [0.1, 0.15) is 18.2 Å². The lowest BCUT2D eigenvalue weighted by atomic mass is 10.3. The Balaban J connectivity index is 1.67. The van der Waals surface area contributed by atoms with Crippen LogP contribution in [0.25, 0.3) is 0 Å². The number of hydrogen-bond donors (Lipinski definition) is 1. The van der Waals surface area contributed by atoms with Crippen LogP contribution in [0.3, 0.4) is 0 Å². The van der Waals surface area contributed by atoms with Crippen molar-refractivity contribution in [3.8, 4) is 5.75 Å². The summed E-state index contributed by atoms with van der Waals surface area (Å²) >= 11 is 0. The van der Waals surface area contributed by atoms with Crippen LogP contribution in [-0.4, -0.2) is 42.2 Å². The molecule has 1 N–H and O–H groups in total. The third-order valence-corrected chi connectivity index (χ3v) is 5.63. The largest absolute Gasteiger partial charge is 0.481 e. The monoisotopic (exact) mass is 367 g/mol. The van der Waals surface area contributed by atoms with Gasteiger partial charge in [0.25, 0.3) is 5.91 Å². The number of carbonyl (C=O) groups excluding carboxylic acids is 1. The van der Waals surface area contributed by atoms with Gasteiger partial charge in [-0.05, 0) is 25.5 Å². The molecule has 0 unspecified atom stereocenters. The highest BCUT2D eigenvalue weighted by Gasteiger charge is 2.31. The Kier molecular flexibility index (Phi) is 4.76. The van der Waals surface area contributed by atoms with E-state index < -0.39 is 21.6 Å². The van der Waals surface area contributed by atoms with E-state index in [1.165, 1.54) is 22.9 Å². The first-order valence-corrected chi connectivity index (χ1v) is 9.60. The number of para-hydroxylation sites is 1. The normalized spacial score (nSPS) is 18.9. The molecule has 1 amide bonds. The Morgan fingerprint density at radius 1 is 1.44 bits per heavy atom. The zero-order valence-corrected chi connectivity index (χ0v) is 14.4. The maximum absolute atomic E-state index is 13.5. The molecule has 1 aromatic heterocycles. The Hall–Kier alpha value is -2.42. The minimum absolute atomic E-state index is 0.00270. The number of amides is 1. The number of rotatable bonds is 5. The van der Waals surface area contributed by atoms with Crippen molar-refractivity contribution < 1.29 is 22.3 Å². The fourth-order valence-corrected chi connectivity index (χ4v) is 4.43. The number of sulfone groups is 1. The number of halogens is 1. The molecule has 9 heteroatoms. The summed E-state index contributed by atoms with van der Waals surface area (Å²) in [7, 11) is -3.07. The topological polar surface area (TPSA) is 90.3 Å². The average molecular weight is 367 g/mol. The summed E-state index contributed by atoms with van der Waals surface area (Å²) in [6.45, 7) is 1.39. The maximum atomic E-state index is 13.5. The van der Waals surface area contributed by atoms with Gasteiger partial charge in [-0.2, -0.15) is 5.10 Å². The van der Waals surface area contributed by atoms with Gasteiger partial charge in [-0.3, -0.25) is 4.79 Å². The molecule has 1 fully saturated rings. The molecule has 3 rings (SSSR count). The molecule has 1 aliphatic heterocycles. The van der Waals surface area contributed by atoms with Crippen LogP contribution >= 0.6 is 0 Å². The summed E-state index contributed by atoms with van der Waals surface area (Å²) < 4.78 is 43.5. The second-order valence-electron chi connectivity index (χ2n) is 5.94. The van der Waals surface area contributed by atoms with Gasteiger partial charge >= 0.3 is 0 Å². The smallest absolute Gasteiger partial charge is 0.263 e. The van der Waals surface area contributed by atoms with Gasteiger partial charge in [0.15, 0.2) is 28.0 Å². The molecule has 1 saturated heterocycles. The number of ether oxygens (including phenoxy) is 1. The van der Waals surface area contributed by atoms with Crippen molar-refractivity contribution in [2.45, 2.75) is 19.4 Å². The third-order valence-electron chi connectivity index (χ3n) is 3.88. The molecular weight excluding hydrogens is 349 g/mol. The van der Waals surface area contributed by atoms with Gasteiger partial charge < -0.3 is 10.1 Å². The van der Waals surface area contributed by atoms with Crippen LogP contribution in [0.5, 0.6) is 5.75 Å². The Morgan fingerprint density at radius 3 is 2.88 bits per heavy atom. The quantitative estimate of drug-likeness (QED) is 0.869. The number of aromatic nitrogens is 2. The molecule has 7 nitrogen and oxygen atoms in total. The van der Waals surface area contributed by atoms with E-state index >= 15 is 0 Å². The van der Waals surface area contributed by atoms with Gasteiger partial charge in [0.1, 0.15) is 5.82 Å². The zero-order valence-electron chi connectivity index (χ0n) is 13.6. The van der Waals surface area contributed by atoms with Crippen molar-refractivity contribution in [3.05, 3.63) is 41.8 Å². The number of carbonyl (C=O) groups is 1. The third kappa shape index (κ3) is 4.16. The van der Waals surface area contributed by atoms with Crippen LogP contribution in [-0.2, 0) is 14.6 Å². The predicted molar refractivity (Wildman–Crippen MR) is 89.8 cm³/mol. The summed E-state index contributed by atoms with van der Waals surface area (Å²) in [5.74, 6) is -0.521. The number of anilines is 1. The molecule has 2 aromatic rings. The maximum Gasteiger partial charge on any atom is 0.263 e.